The molecule has 0 aliphatic rings. The Labute approximate surface area is 99.1 Å². The topological polar surface area (TPSA) is 56.7 Å². The summed E-state index contributed by atoms with van der Waals surface area (Å²) in [5.41, 5.74) is 6.99. The minimum absolute atomic E-state index is 0.338. The lowest BCUT2D eigenvalue weighted by Crippen LogP contribution is -2.05. The Morgan fingerprint density at radius 3 is 2.50 bits per heavy atom. The number of aromatic nitrogens is 3. The standard InChI is InChI=1S/C11H16N4S/c1-6(2)15-8(4)13-14-11(15)9-5-7(3)16-10(9)12/h5-6H,12H2,1-4H3. The SMILES string of the molecule is Cc1cc(-c2nnc(C)n2C(C)C)c(N)s1. The van der Waals surface area contributed by atoms with E-state index in [-0.39, 0.29) is 0 Å². The Hall–Kier alpha value is -1.36. The highest BCUT2D eigenvalue weighted by Gasteiger charge is 2.17. The zero-order chi connectivity index (χ0) is 11.9. The van der Waals surface area contributed by atoms with Crippen molar-refractivity contribution in [3.05, 3.63) is 16.8 Å². The summed E-state index contributed by atoms with van der Waals surface area (Å²) in [5.74, 6) is 1.79. The quantitative estimate of drug-likeness (QED) is 0.872. The van der Waals surface area contributed by atoms with Crippen molar-refractivity contribution in [2.24, 2.45) is 0 Å². The molecule has 2 rings (SSSR count). The van der Waals surface area contributed by atoms with Crippen molar-refractivity contribution >= 4 is 16.3 Å². The third kappa shape index (κ3) is 1.71. The highest BCUT2D eigenvalue weighted by Crippen LogP contribution is 2.33. The smallest absolute Gasteiger partial charge is 0.167 e. The predicted molar refractivity (Wildman–Crippen MR) is 67.6 cm³/mol. The van der Waals surface area contributed by atoms with Crippen molar-refractivity contribution < 1.29 is 0 Å². The Morgan fingerprint density at radius 2 is 2.00 bits per heavy atom. The lowest BCUT2D eigenvalue weighted by atomic mass is 10.2. The highest BCUT2D eigenvalue weighted by molar-refractivity contribution is 7.16. The van der Waals surface area contributed by atoms with Gasteiger partial charge in [0.05, 0.1) is 10.6 Å². The van der Waals surface area contributed by atoms with Crippen LogP contribution in [-0.4, -0.2) is 14.8 Å². The first-order valence-electron chi connectivity index (χ1n) is 5.28. The number of anilines is 1. The molecule has 0 atom stereocenters. The molecule has 0 aliphatic carbocycles. The molecule has 2 heterocycles. The van der Waals surface area contributed by atoms with Crippen LogP contribution < -0.4 is 5.73 Å². The van der Waals surface area contributed by atoms with E-state index in [9.17, 15) is 0 Å². The fourth-order valence-electron chi connectivity index (χ4n) is 1.88. The first-order valence-corrected chi connectivity index (χ1v) is 6.10. The van der Waals surface area contributed by atoms with Crippen LogP contribution in [0.25, 0.3) is 11.4 Å². The second-order valence-electron chi connectivity index (χ2n) is 4.17. The maximum atomic E-state index is 5.99. The first kappa shape index (κ1) is 11.1. The van der Waals surface area contributed by atoms with Crippen LogP contribution in [0.5, 0.6) is 0 Å². The van der Waals surface area contributed by atoms with Crippen molar-refractivity contribution in [1.82, 2.24) is 14.8 Å². The molecule has 0 aromatic carbocycles. The first-order chi connectivity index (χ1) is 7.50. The molecule has 4 nitrogen and oxygen atoms in total. The number of thiophene rings is 1. The van der Waals surface area contributed by atoms with Gasteiger partial charge in [-0.3, -0.25) is 0 Å². The van der Waals surface area contributed by atoms with E-state index >= 15 is 0 Å². The van der Waals surface area contributed by atoms with Crippen molar-refractivity contribution in [2.45, 2.75) is 33.7 Å². The van der Waals surface area contributed by atoms with Gasteiger partial charge in [-0.15, -0.1) is 21.5 Å². The van der Waals surface area contributed by atoms with Gasteiger partial charge in [0, 0.05) is 10.9 Å². The van der Waals surface area contributed by atoms with E-state index in [4.69, 9.17) is 5.73 Å². The van der Waals surface area contributed by atoms with E-state index in [0.717, 1.165) is 22.2 Å². The van der Waals surface area contributed by atoms with Crippen LogP contribution in [-0.2, 0) is 0 Å². The molecular weight excluding hydrogens is 220 g/mol. The summed E-state index contributed by atoms with van der Waals surface area (Å²) in [6.45, 7) is 8.25. The van der Waals surface area contributed by atoms with Gasteiger partial charge in [0.1, 0.15) is 5.82 Å². The second kappa shape index (κ2) is 3.90. The highest BCUT2D eigenvalue weighted by atomic mass is 32.1. The van der Waals surface area contributed by atoms with Crippen molar-refractivity contribution in [3.63, 3.8) is 0 Å². The summed E-state index contributed by atoms with van der Waals surface area (Å²) >= 11 is 1.59. The summed E-state index contributed by atoms with van der Waals surface area (Å²) < 4.78 is 2.11. The maximum absolute atomic E-state index is 5.99. The van der Waals surface area contributed by atoms with Crippen LogP contribution in [0.4, 0.5) is 5.00 Å². The number of hydrogen-bond donors (Lipinski definition) is 1. The second-order valence-corrected chi connectivity index (χ2v) is 5.46. The zero-order valence-electron chi connectivity index (χ0n) is 9.98. The number of aryl methyl sites for hydroxylation is 2. The molecule has 0 saturated carbocycles. The Balaban J connectivity index is 2.60. The molecule has 2 aromatic heterocycles. The molecular formula is C11H16N4S. The fourth-order valence-corrected chi connectivity index (χ4v) is 2.66. The Kier molecular flexibility index (Phi) is 2.71. The number of nitrogens with two attached hydrogens (primary N) is 1. The minimum Gasteiger partial charge on any atom is -0.390 e. The minimum atomic E-state index is 0.338. The average Bonchev–Trinajstić information content (AvgIpc) is 2.69. The van der Waals surface area contributed by atoms with E-state index in [1.165, 1.54) is 4.88 Å². The van der Waals surface area contributed by atoms with Gasteiger partial charge in [0.2, 0.25) is 0 Å². The number of nitrogen functional groups attached to an aromatic ring is 1. The molecule has 2 N–H and O–H groups in total. The van der Waals surface area contributed by atoms with Gasteiger partial charge < -0.3 is 10.3 Å². The van der Waals surface area contributed by atoms with Crippen LogP contribution in [0.15, 0.2) is 6.07 Å². The van der Waals surface area contributed by atoms with Gasteiger partial charge in [0.15, 0.2) is 5.82 Å². The van der Waals surface area contributed by atoms with Gasteiger partial charge in [-0.1, -0.05) is 0 Å². The molecule has 0 unspecified atom stereocenters. The molecule has 0 amide bonds. The molecule has 0 bridgehead atoms. The van der Waals surface area contributed by atoms with Crippen LogP contribution in [0, 0.1) is 13.8 Å². The molecule has 5 heteroatoms. The Bertz CT molecular complexity index is 510. The fraction of sp³-hybridized carbons (Fsp3) is 0.455. The van der Waals surface area contributed by atoms with E-state index in [2.05, 4.69) is 34.7 Å². The van der Waals surface area contributed by atoms with Gasteiger partial charge in [0.25, 0.3) is 0 Å². The van der Waals surface area contributed by atoms with Gasteiger partial charge in [-0.05, 0) is 33.8 Å². The van der Waals surface area contributed by atoms with E-state index in [0.29, 0.717) is 6.04 Å². The molecule has 0 fully saturated rings. The normalized spacial score (nSPS) is 11.3. The monoisotopic (exact) mass is 236 g/mol. The van der Waals surface area contributed by atoms with E-state index in [1.807, 2.05) is 13.8 Å². The molecule has 0 spiro atoms. The van der Waals surface area contributed by atoms with Crippen LogP contribution in [0.1, 0.15) is 30.6 Å². The van der Waals surface area contributed by atoms with Crippen molar-refractivity contribution in [2.75, 3.05) is 5.73 Å². The molecule has 0 radical (unpaired) electrons. The number of rotatable bonds is 2. The van der Waals surface area contributed by atoms with Crippen molar-refractivity contribution in [3.8, 4) is 11.4 Å². The predicted octanol–water partition coefficient (Wildman–Crippen LogP) is 2.79. The molecule has 16 heavy (non-hydrogen) atoms. The third-order valence-corrected chi connectivity index (χ3v) is 3.39. The third-order valence-electron chi connectivity index (χ3n) is 2.51. The Morgan fingerprint density at radius 1 is 1.31 bits per heavy atom. The molecule has 0 aliphatic heterocycles. The van der Waals surface area contributed by atoms with Gasteiger partial charge in [-0.2, -0.15) is 0 Å². The van der Waals surface area contributed by atoms with E-state index < -0.39 is 0 Å². The summed E-state index contributed by atoms with van der Waals surface area (Å²) in [7, 11) is 0. The molecule has 2 aromatic rings. The number of nitrogens with zero attached hydrogens (tertiary/aromatic N) is 3. The molecule has 86 valence electrons. The molecule has 0 saturated heterocycles. The summed E-state index contributed by atoms with van der Waals surface area (Å²) in [5, 5.41) is 9.16. The van der Waals surface area contributed by atoms with Crippen LogP contribution >= 0.6 is 11.3 Å². The zero-order valence-corrected chi connectivity index (χ0v) is 10.8. The number of hydrogen-bond acceptors (Lipinski definition) is 4. The van der Waals surface area contributed by atoms with Crippen LogP contribution in [0.3, 0.4) is 0 Å². The van der Waals surface area contributed by atoms with E-state index in [1.54, 1.807) is 11.3 Å². The summed E-state index contributed by atoms with van der Waals surface area (Å²) in [4.78, 5) is 1.20. The largest absolute Gasteiger partial charge is 0.390 e. The van der Waals surface area contributed by atoms with Gasteiger partial charge in [-0.25, -0.2) is 0 Å². The lowest BCUT2D eigenvalue weighted by molar-refractivity contribution is 0.588. The summed E-state index contributed by atoms with van der Waals surface area (Å²) in [6, 6.07) is 2.41. The average molecular weight is 236 g/mol. The van der Waals surface area contributed by atoms with Crippen LogP contribution in [0.2, 0.25) is 0 Å². The van der Waals surface area contributed by atoms with Gasteiger partial charge >= 0.3 is 0 Å². The maximum Gasteiger partial charge on any atom is 0.167 e. The lowest BCUT2D eigenvalue weighted by Gasteiger charge is -2.11. The van der Waals surface area contributed by atoms with Crippen molar-refractivity contribution in [1.29, 1.82) is 0 Å². The summed E-state index contributed by atoms with van der Waals surface area (Å²) in [6.07, 6.45) is 0.